The second-order valence-corrected chi connectivity index (χ2v) is 5.29. The zero-order valence-electron chi connectivity index (χ0n) is 10.1. The van der Waals surface area contributed by atoms with Crippen LogP contribution in [0.3, 0.4) is 0 Å². The van der Waals surface area contributed by atoms with E-state index in [1.54, 1.807) is 25.1 Å². The summed E-state index contributed by atoms with van der Waals surface area (Å²) in [5.41, 5.74) is 1.01. The van der Waals surface area contributed by atoms with Gasteiger partial charge in [0.2, 0.25) is 0 Å². The van der Waals surface area contributed by atoms with Crippen LogP contribution in [0.5, 0.6) is 0 Å². The molecule has 1 aliphatic rings. The summed E-state index contributed by atoms with van der Waals surface area (Å²) in [5, 5.41) is 10.00. The van der Waals surface area contributed by atoms with Crippen LogP contribution in [0, 0.1) is 18.8 Å². The zero-order valence-corrected chi connectivity index (χ0v) is 10.9. The van der Waals surface area contributed by atoms with Gasteiger partial charge in [-0.2, -0.15) is 0 Å². The van der Waals surface area contributed by atoms with Crippen molar-refractivity contribution >= 4 is 34.3 Å². The summed E-state index contributed by atoms with van der Waals surface area (Å²) < 4.78 is 5.43. The second-order valence-electron chi connectivity index (χ2n) is 4.88. The van der Waals surface area contributed by atoms with Crippen molar-refractivity contribution in [3.05, 3.63) is 34.5 Å². The Kier molecular flexibility index (Phi) is 2.64. The van der Waals surface area contributed by atoms with Crippen molar-refractivity contribution in [2.24, 2.45) is 11.8 Å². The zero-order chi connectivity index (χ0) is 13.7. The van der Waals surface area contributed by atoms with Crippen molar-refractivity contribution in [2.45, 2.75) is 13.3 Å². The number of carboxylic acid groups (broad SMARTS) is 1. The monoisotopic (exact) mass is 278 g/mol. The number of rotatable bonds is 3. The van der Waals surface area contributed by atoms with Crippen LogP contribution in [0.15, 0.2) is 22.6 Å². The molecule has 98 valence electrons. The molecule has 2 atom stereocenters. The average Bonchev–Trinajstić information content (AvgIpc) is 3.05. The molecule has 1 heterocycles. The van der Waals surface area contributed by atoms with E-state index in [9.17, 15) is 9.59 Å². The largest absolute Gasteiger partial charge is 0.481 e. The minimum absolute atomic E-state index is 0.157. The number of aliphatic carboxylic acids is 1. The van der Waals surface area contributed by atoms with Gasteiger partial charge in [0, 0.05) is 16.9 Å². The van der Waals surface area contributed by atoms with Crippen LogP contribution in [0.4, 0.5) is 0 Å². The fourth-order valence-electron chi connectivity index (χ4n) is 2.35. The van der Waals surface area contributed by atoms with Crippen molar-refractivity contribution < 1.29 is 19.1 Å². The van der Waals surface area contributed by atoms with E-state index in [0.29, 0.717) is 22.6 Å². The molecule has 1 aliphatic carbocycles. The highest BCUT2D eigenvalue weighted by Crippen LogP contribution is 2.42. The maximum atomic E-state index is 12.2. The first-order chi connectivity index (χ1) is 8.97. The SMILES string of the molecule is Cc1cc2cc(C(=O)C3CC3C(=O)O)cc(Cl)c2o1. The highest BCUT2D eigenvalue weighted by Gasteiger charge is 2.48. The van der Waals surface area contributed by atoms with Crippen molar-refractivity contribution in [1.29, 1.82) is 0 Å². The molecule has 19 heavy (non-hydrogen) atoms. The summed E-state index contributed by atoms with van der Waals surface area (Å²) in [6.07, 6.45) is 0.411. The van der Waals surface area contributed by atoms with Gasteiger partial charge in [-0.15, -0.1) is 0 Å². The number of hydrogen-bond acceptors (Lipinski definition) is 3. The molecule has 1 aromatic heterocycles. The number of benzene rings is 1. The summed E-state index contributed by atoms with van der Waals surface area (Å²) in [7, 11) is 0. The minimum atomic E-state index is -0.912. The number of halogens is 1. The molecule has 2 aromatic rings. The first kappa shape index (κ1) is 12.2. The van der Waals surface area contributed by atoms with Gasteiger partial charge in [-0.3, -0.25) is 9.59 Å². The smallest absolute Gasteiger partial charge is 0.307 e. The molecule has 1 fully saturated rings. The highest BCUT2D eigenvalue weighted by molar-refractivity contribution is 6.35. The minimum Gasteiger partial charge on any atom is -0.481 e. The molecule has 2 unspecified atom stereocenters. The van der Waals surface area contributed by atoms with Crippen molar-refractivity contribution in [3.63, 3.8) is 0 Å². The maximum absolute atomic E-state index is 12.2. The van der Waals surface area contributed by atoms with Crippen LogP contribution >= 0.6 is 11.6 Å². The number of carbonyl (C=O) groups is 2. The Balaban J connectivity index is 1.97. The molecular formula is C14H11ClO4. The third-order valence-electron chi connectivity index (χ3n) is 3.42. The molecule has 1 N–H and O–H groups in total. The van der Waals surface area contributed by atoms with Gasteiger partial charge in [-0.25, -0.2) is 0 Å². The highest BCUT2D eigenvalue weighted by atomic mass is 35.5. The predicted octanol–water partition coefficient (Wildman–Crippen LogP) is 3.30. The summed E-state index contributed by atoms with van der Waals surface area (Å²) >= 11 is 6.08. The molecule has 4 nitrogen and oxygen atoms in total. The van der Waals surface area contributed by atoms with Crippen molar-refractivity contribution in [2.75, 3.05) is 0 Å². The molecule has 0 aliphatic heterocycles. The Morgan fingerprint density at radius 1 is 1.32 bits per heavy atom. The van der Waals surface area contributed by atoms with E-state index in [2.05, 4.69) is 0 Å². The number of furan rings is 1. The number of carboxylic acids is 1. The van der Waals surface area contributed by atoms with Gasteiger partial charge < -0.3 is 9.52 Å². The number of Topliss-reactive ketones (excluding diaryl/α,β-unsaturated/α-hetero) is 1. The van der Waals surface area contributed by atoms with E-state index < -0.39 is 17.8 Å². The maximum Gasteiger partial charge on any atom is 0.307 e. The normalized spacial score (nSPS) is 21.6. The molecule has 0 radical (unpaired) electrons. The summed E-state index contributed by atoms with van der Waals surface area (Å²) in [6, 6.07) is 5.06. The van der Waals surface area contributed by atoms with Crippen molar-refractivity contribution in [3.8, 4) is 0 Å². The van der Waals surface area contributed by atoms with E-state index in [1.807, 2.05) is 0 Å². The van der Waals surface area contributed by atoms with Crippen LogP contribution in [0.2, 0.25) is 5.02 Å². The lowest BCUT2D eigenvalue weighted by atomic mass is 10.0. The van der Waals surface area contributed by atoms with Gasteiger partial charge in [0.25, 0.3) is 0 Å². The van der Waals surface area contributed by atoms with Crippen LogP contribution in [0.1, 0.15) is 22.5 Å². The van der Waals surface area contributed by atoms with Gasteiger partial charge in [0.05, 0.1) is 10.9 Å². The number of hydrogen-bond donors (Lipinski definition) is 1. The molecule has 1 aromatic carbocycles. The Hall–Kier alpha value is -1.81. The van der Waals surface area contributed by atoms with E-state index in [-0.39, 0.29) is 5.78 Å². The van der Waals surface area contributed by atoms with Crippen LogP contribution < -0.4 is 0 Å². The van der Waals surface area contributed by atoms with E-state index >= 15 is 0 Å². The predicted molar refractivity (Wildman–Crippen MR) is 69.5 cm³/mol. The van der Waals surface area contributed by atoms with Gasteiger partial charge in [0.1, 0.15) is 5.76 Å². The lowest BCUT2D eigenvalue weighted by Gasteiger charge is -2.01. The lowest BCUT2D eigenvalue weighted by molar-refractivity contribution is -0.138. The molecule has 0 spiro atoms. The topological polar surface area (TPSA) is 67.5 Å². The van der Waals surface area contributed by atoms with E-state index in [0.717, 1.165) is 11.1 Å². The van der Waals surface area contributed by atoms with Gasteiger partial charge in [-0.05, 0) is 31.5 Å². The quantitative estimate of drug-likeness (QED) is 0.875. The van der Waals surface area contributed by atoms with E-state index in [4.69, 9.17) is 21.1 Å². The molecular weight excluding hydrogens is 268 g/mol. The van der Waals surface area contributed by atoms with E-state index in [1.165, 1.54) is 0 Å². The molecule has 5 heteroatoms. The molecule has 1 saturated carbocycles. The average molecular weight is 279 g/mol. The van der Waals surface area contributed by atoms with Gasteiger partial charge >= 0.3 is 5.97 Å². The summed E-state index contributed by atoms with van der Waals surface area (Å²) in [6.45, 7) is 1.80. The van der Waals surface area contributed by atoms with Gasteiger partial charge in [-0.1, -0.05) is 11.6 Å². The molecule has 0 amide bonds. The van der Waals surface area contributed by atoms with Crippen LogP contribution in [0.25, 0.3) is 11.0 Å². The Bertz CT molecular complexity index is 701. The number of carbonyl (C=O) groups excluding carboxylic acids is 1. The van der Waals surface area contributed by atoms with Crippen LogP contribution in [-0.2, 0) is 4.79 Å². The Morgan fingerprint density at radius 2 is 2.05 bits per heavy atom. The first-order valence-electron chi connectivity index (χ1n) is 5.94. The standard InChI is InChI=1S/C14H11ClO4/c1-6-2-8-3-7(4-11(15)13(8)19-6)12(16)9-5-10(9)14(17)18/h2-4,9-10H,5H2,1H3,(H,17,18). The third kappa shape index (κ3) is 2.02. The van der Waals surface area contributed by atoms with Crippen molar-refractivity contribution in [1.82, 2.24) is 0 Å². The number of fused-ring (bicyclic) bond motifs is 1. The summed E-state index contributed by atoms with van der Waals surface area (Å²) in [5.74, 6) is -1.32. The second kappa shape index (κ2) is 4.10. The van der Waals surface area contributed by atoms with Crippen LogP contribution in [-0.4, -0.2) is 16.9 Å². The van der Waals surface area contributed by atoms with Gasteiger partial charge in [0.15, 0.2) is 11.4 Å². The third-order valence-corrected chi connectivity index (χ3v) is 3.70. The fourth-order valence-corrected chi connectivity index (χ4v) is 2.62. The summed E-state index contributed by atoms with van der Waals surface area (Å²) in [4.78, 5) is 23.0. The Labute approximate surface area is 114 Å². The fraction of sp³-hybridized carbons (Fsp3) is 0.286. The Morgan fingerprint density at radius 3 is 2.68 bits per heavy atom. The molecule has 0 bridgehead atoms. The molecule has 3 rings (SSSR count). The number of ketones is 1. The lowest BCUT2D eigenvalue weighted by Crippen LogP contribution is -2.08. The number of aryl methyl sites for hydroxylation is 1. The molecule has 0 saturated heterocycles. The first-order valence-corrected chi connectivity index (χ1v) is 6.32.